The predicted octanol–water partition coefficient (Wildman–Crippen LogP) is 2.66. The molecule has 0 saturated carbocycles. The molecule has 128 valence electrons. The van der Waals surface area contributed by atoms with Crippen molar-refractivity contribution < 1.29 is 14.3 Å². The molecule has 2 N–H and O–H groups in total. The summed E-state index contributed by atoms with van der Waals surface area (Å²) in [5.74, 6) is 0. The Morgan fingerprint density at radius 3 is 2.52 bits per heavy atom. The minimum absolute atomic E-state index is 0.260. The Morgan fingerprint density at radius 2 is 1.91 bits per heavy atom. The maximum absolute atomic E-state index is 11.8. The Labute approximate surface area is 138 Å². The van der Waals surface area contributed by atoms with Gasteiger partial charge in [0, 0.05) is 26.7 Å². The highest BCUT2D eigenvalue weighted by Crippen LogP contribution is 2.08. The molecule has 0 aliphatic rings. The van der Waals surface area contributed by atoms with Crippen molar-refractivity contribution in [3.05, 3.63) is 35.4 Å². The third-order valence-electron chi connectivity index (χ3n) is 2.97. The Balaban J connectivity index is 2.24. The van der Waals surface area contributed by atoms with Gasteiger partial charge in [-0.2, -0.15) is 0 Å². The molecule has 3 amide bonds. The molecule has 1 aromatic rings. The Hall–Kier alpha value is -2.24. The van der Waals surface area contributed by atoms with Gasteiger partial charge >= 0.3 is 12.1 Å². The molecule has 0 saturated heterocycles. The zero-order valence-electron chi connectivity index (χ0n) is 14.6. The molecule has 0 aromatic heterocycles. The van der Waals surface area contributed by atoms with Crippen LogP contribution in [0.15, 0.2) is 24.3 Å². The molecule has 6 heteroatoms. The van der Waals surface area contributed by atoms with E-state index in [4.69, 9.17) is 4.74 Å². The van der Waals surface area contributed by atoms with Crippen molar-refractivity contribution in [2.75, 3.05) is 20.1 Å². The first-order valence-electron chi connectivity index (χ1n) is 7.69. The lowest BCUT2D eigenvalue weighted by Crippen LogP contribution is -2.42. The van der Waals surface area contributed by atoms with E-state index in [2.05, 4.69) is 10.6 Å². The number of rotatable bonds is 5. The molecule has 6 nitrogen and oxygen atoms in total. The molecule has 0 fully saturated rings. The summed E-state index contributed by atoms with van der Waals surface area (Å²) in [6, 6.07) is 7.69. The first-order chi connectivity index (χ1) is 10.7. The van der Waals surface area contributed by atoms with E-state index in [0.29, 0.717) is 19.6 Å². The number of nitrogens with one attached hydrogen (secondary N) is 2. The van der Waals surface area contributed by atoms with Gasteiger partial charge in [-0.3, -0.25) is 0 Å². The van der Waals surface area contributed by atoms with E-state index in [0.717, 1.165) is 11.1 Å². The van der Waals surface area contributed by atoms with E-state index in [1.54, 1.807) is 7.05 Å². The van der Waals surface area contributed by atoms with Crippen molar-refractivity contribution in [1.82, 2.24) is 15.5 Å². The SMILES string of the molecule is Cc1cccc(CNC(=O)NCCN(C)C(=O)OC(C)(C)C)c1. The fraction of sp³-hybridized carbons (Fsp3) is 0.529. The summed E-state index contributed by atoms with van der Waals surface area (Å²) in [5.41, 5.74) is 1.68. The van der Waals surface area contributed by atoms with Crippen molar-refractivity contribution in [2.24, 2.45) is 0 Å². The number of hydrogen-bond donors (Lipinski definition) is 2. The number of amides is 3. The monoisotopic (exact) mass is 321 g/mol. The topological polar surface area (TPSA) is 70.7 Å². The quantitative estimate of drug-likeness (QED) is 0.876. The number of benzene rings is 1. The van der Waals surface area contributed by atoms with Crippen LogP contribution in [0.5, 0.6) is 0 Å². The van der Waals surface area contributed by atoms with Gasteiger partial charge in [0.15, 0.2) is 0 Å². The van der Waals surface area contributed by atoms with Gasteiger partial charge in [-0.1, -0.05) is 29.8 Å². The third-order valence-corrected chi connectivity index (χ3v) is 2.97. The number of urea groups is 1. The van der Waals surface area contributed by atoms with Crippen LogP contribution in [0.2, 0.25) is 0 Å². The maximum Gasteiger partial charge on any atom is 0.410 e. The highest BCUT2D eigenvalue weighted by Gasteiger charge is 2.19. The molecular formula is C17H27N3O3. The van der Waals surface area contributed by atoms with Gasteiger partial charge in [0.2, 0.25) is 0 Å². The maximum atomic E-state index is 11.8. The summed E-state index contributed by atoms with van der Waals surface area (Å²) in [6.07, 6.45) is -0.403. The van der Waals surface area contributed by atoms with E-state index >= 15 is 0 Å². The largest absolute Gasteiger partial charge is 0.444 e. The summed E-state index contributed by atoms with van der Waals surface area (Å²) in [7, 11) is 1.64. The molecule has 0 aliphatic carbocycles. The van der Waals surface area contributed by atoms with Gasteiger partial charge in [0.1, 0.15) is 5.60 Å². The molecule has 0 atom stereocenters. The van der Waals surface area contributed by atoms with Crippen LogP contribution in [-0.2, 0) is 11.3 Å². The van der Waals surface area contributed by atoms with Gasteiger partial charge in [-0.05, 0) is 33.3 Å². The van der Waals surface area contributed by atoms with Crippen LogP contribution >= 0.6 is 0 Å². The number of aryl methyl sites for hydroxylation is 1. The third kappa shape index (κ3) is 8.09. The standard InChI is InChI=1S/C17H27N3O3/c1-13-7-6-8-14(11-13)12-19-15(21)18-9-10-20(5)16(22)23-17(2,3)4/h6-8,11H,9-10,12H2,1-5H3,(H2,18,19,21). The summed E-state index contributed by atoms with van der Waals surface area (Å²) < 4.78 is 5.23. The van der Waals surface area contributed by atoms with Crippen molar-refractivity contribution in [3.63, 3.8) is 0 Å². The molecule has 0 heterocycles. The molecule has 0 radical (unpaired) electrons. The Bertz CT molecular complexity index is 538. The van der Waals surface area contributed by atoms with E-state index in [1.165, 1.54) is 4.90 Å². The highest BCUT2D eigenvalue weighted by atomic mass is 16.6. The second-order valence-corrected chi connectivity index (χ2v) is 6.50. The number of ether oxygens (including phenoxy) is 1. The minimum Gasteiger partial charge on any atom is -0.444 e. The number of nitrogens with zero attached hydrogens (tertiary/aromatic N) is 1. The summed E-state index contributed by atoms with van der Waals surface area (Å²) >= 11 is 0. The van der Waals surface area contributed by atoms with Crippen molar-refractivity contribution >= 4 is 12.1 Å². The average Bonchev–Trinajstić information content (AvgIpc) is 2.43. The molecule has 0 spiro atoms. The molecule has 0 aliphatic heterocycles. The zero-order valence-corrected chi connectivity index (χ0v) is 14.6. The zero-order chi connectivity index (χ0) is 17.5. The van der Waals surface area contributed by atoms with Crippen LogP contribution in [0.25, 0.3) is 0 Å². The van der Waals surface area contributed by atoms with E-state index in [1.807, 2.05) is 52.0 Å². The van der Waals surface area contributed by atoms with Crippen LogP contribution in [0.4, 0.5) is 9.59 Å². The lowest BCUT2D eigenvalue weighted by Gasteiger charge is -2.24. The number of carbonyl (C=O) groups excluding carboxylic acids is 2. The van der Waals surface area contributed by atoms with Gasteiger partial charge in [0.05, 0.1) is 0 Å². The van der Waals surface area contributed by atoms with Gasteiger partial charge in [0.25, 0.3) is 0 Å². The molecule has 23 heavy (non-hydrogen) atoms. The summed E-state index contributed by atoms with van der Waals surface area (Å²) in [6.45, 7) is 8.66. The highest BCUT2D eigenvalue weighted by molar-refractivity contribution is 5.74. The number of carbonyl (C=O) groups is 2. The molecule has 1 aromatic carbocycles. The number of likely N-dealkylation sites (N-methyl/N-ethyl adjacent to an activating group) is 1. The first kappa shape index (κ1) is 18.8. The van der Waals surface area contributed by atoms with Gasteiger partial charge in [-0.15, -0.1) is 0 Å². The second kappa shape index (κ2) is 8.41. The van der Waals surface area contributed by atoms with Crippen LogP contribution in [0, 0.1) is 6.92 Å². The summed E-state index contributed by atoms with van der Waals surface area (Å²) in [5, 5.41) is 5.50. The molecular weight excluding hydrogens is 294 g/mol. The lowest BCUT2D eigenvalue weighted by atomic mass is 10.1. The first-order valence-corrected chi connectivity index (χ1v) is 7.69. The second-order valence-electron chi connectivity index (χ2n) is 6.50. The van der Waals surface area contributed by atoms with E-state index in [-0.39, 0.29) is 6.03 Å². The average molecular weight is 321 g/mol. The van der Waals surface area contributed by atoms with Gasteiger partial charge in [-0.25, -0.2) is 9.59 Å². The van der Waals surface area contributed by atoms with Crippen molar-refractivity contribution in [1.29, 1.82) is 0 Å². The fourth-order valence-corrected chi connectivity index (χ4v) is 1.84. The summed E-state index contributed by atoms with van der Waals surface area (Å²) in [4.78, 5) is 24.9. The normalized spacial score (nSPS) is 10.8. The van der Waals surface area contributed by atoms with Crippen molar-refractivity contribution in [2.45, 2.75) is 39.8 Å². The van der Waals surface area contributed by atoms with E-state index in [9.17, 15) is 9.59 Å². The van der Waals surface area contributed by atoms with Crippen LogP contribution in [0.1, 0.15) is 31.9 Å². The molecule has 0 unspecified atom stereocenters. The Morgan fingerprint density at radius 1 is 1.22 bits per heavy atom. The van der Waals surface area contributed by atoms with Crippen molar-refractivity contribution in [3.8, 4) is 0 Å². The van der Waals surface area contributed by atoms with Crippen LogP contribution in [0.3, 0.4) is 0 Å². The molecule has 0 bridgehead atoms. The predicted molar refractivity (Wildman–Crippen MR) is 90.3 cm³/mol. The Kier molecular flexibility index (Phi) is 6.88. The lowest BCUT2D eigenvalue weighted by molar-refractivity contribution is 0.0301. The number of hydrogen-bond acceptors (Lipinski definition) is 3. The molecule has 1 rings (SSSR count). The van der Waals surface area contributed by atoms with Gasteiger partial charge < -0.3 is 20.3 Å². The smallest absolute Gasteiger partial charge is 0.410 e. The van der Waals surface area contributed by atoms with Crippen LogP contribution in [-0.4, -0.2) is 42.8 Å². The minimum atomic E-state index is -0.524. The van der Waals surface area contributed by atoms with E-state index < -0.39 is 11.7 Å². The fourth-order valence-electron chi connectivity index (χ4n) is 1.84. The van der Waals surface area contributed by atoms with Crippen LogP contribution < -0.4 is 10.6 Å².